The van der Waals surface area contributed by atoms with E-state index >= 15 is 0 Å². The monoisotopic (exact) mass is 308 g/mol. The normalized spacial score (nSPS) is 24.3. The molecule has 2 heterocycles. The molecule has 21 heavy (non-hydrogen) atoms. The van der Waals surface area contributed by atoms with Gasteiger partial charge in [0, 0.05) is 4.88 Å². The molecule has 1 N–H and O–H groups in total. The van der Waals surface area contributed by atoms with Crippen LogP contribution in [0.15, 0.2) is 17.5 Å². The maximum atomic E-state index is 12.8. The molecule has 4 nitrogen and oxygen atoms in total. The predicted molar refractivity (Wildman–Crippen MR) is 85.0 cm³/mol. The van der Waals surface area contributed by atoms with Crippen LogP contribution in [0.3, 0.4) is 0 Å². The van der Waals surface area contributed by atoms with Crippen LogP contribution in [0.25, 0.3) is 0 Å². The van der Waals surface area contributed by atoms with Crippen molar-refractivity contribution in [3.63, 3.8) is 0 Å². The highest BCUT2D eigenvalue weighted by Gasteiger charge is 2.44. The zero-order chi connectivity index (χ0) is 15.6. The summed E-state index contributed by atoms with van der Waals surface area (Å²) in [6.45, 7) is 8.03. The highest BCUT2D eigenvalue weighted by Crippen LogP contribution is 2.31. The molecule has 0 saturated carbocycles. The van der Waals surface area contributed by atoms with Gasteiger partial charge < -0.3 is 10.2 Å². The molecule has 0 bridgehead atoms. The molecule has 2 rings (SSSR count). The Bertz CT molecular complexity index is 498. The van der Waals surface area contributed by atoms with Crippen molar-refractivity contribution >= 4 is 23.2 Å². The fourth-order valence-electron chi connectivity index (χ4n) is 2.97. The SMILES string of the molecule is CCCC1NC(=O)C(C(C)C)N(C(C)c2cccs2)C1=O. The van der Waals surface area contributed by atoms with E-state index < -0.39 is 0 Å². The second-order valence-corrected chi connectivity index (χ2v) is 6.95. The molecule has 1 fully saturated rings. The van der Waals surface area contributed by atoms with E-state index in [0.29, 0.717) is 6.42 Å². The van der Waals surface area contributed by atoms with Gasteiger partial charge >= 0.3 is 0 Å². The number of nitrogens with one attached hydrogen (secondary N) is 1. The molecule has 1 saturated heterocycles. The van der Waals surface area contributed by atoms with Gasteiger partial charge in [-0.05, 0) is 30.7 Å². The van der Waals surface area contributed by atoms with E-state index in [9.17, 15) is 9.59 Å². The van der Waals surface area contributed by atoms with Gasteiger partial charge in [-0.2, -0.15) is 0 Å². The lowest BCUT2D eigenvalue weighted by Gasteiger charge is -2.43. The zero-order valence-corrected chi connectivity index (χ0v) is 13.9. The predicted octanol–water partition coefficient (Wildman–Crippen LogP) is 2.96. The molecule has 1 aromatic heterocycles. The number of carbonyl (C=O) groups is 2. The van der Waals surface area contributed by atoms with Crippen LogP contribution in [0.1, 0.15) is 51.5 Å². The number of amides is 2. The molecule has 0 aliphatic carbocycles. The molecular formula is C16H24N2O2S. The number of piperazine rings is 1. The van der Waals surface area contributed by atoms with E-state index in [1.807, 2.05) is 45.2 Å². The summed E-state index contributed by atoms with van der Waals surface area (Å²) in [6.07, 6.45) is 1.58. The van der Waals surface area contributed by atoms with Gasteiger partial charge in [-0.25, -0.2) is 0 Å². The molecule has 3 atom stereocenters. The minimum atomic E-state index is -0.386. The standard InChI is InChI=1S/C16H24N2O2S/c1-5-7-12-16(20)18(11(4)13-8-6-9-21-13)14(10(2)3)15(19)17-12/h6,8-12,14H,5,7H2,1-4H3,(H,17,19). The Balaban J connectivity index is 2.34. The lowest BCUT2D eigenvalue weighted by molar-refractivity contribution is -0.154. The van der Waals surface area contributed by atoms with Crippen LogP contribution in [0.5, 0.6) is 0 Å². The summed E-state index contributed by atoms with van der Waals surface area (Å²) in [6, 6.07) is 3.19. The molecule has 3 unspecified atom stereocenters. The first-order valence-corrected chi connectivity index (χ1v) is 8.51. The maximum Gasteiger partial charge on any atom is 0.246 e. The molecule has 5 heteroatoms. The second-order valence-electron chi connectivity index (χ2n) is 5.98. The van der Waals surface area contributed by atoms with Crippen molar-refractivity contribution in [3.8, 4) is 0 Å². The molecule has 2 amide bonds. The molecule has 1 aromatic rings. The topological polar surface area (TPSA) is 49.4 Å². The largest absolute Gasteiger partial charge is 0.342 e. The zero-order valence-electron chi connectivity index (χ0n) is 13.1. The third-order valence-electron chi connectivity index (χ3n) is 4.02. The van der Waals surface area contributed by atoms with E-state index in [0.717, 1.165) is 11.3 Å². The summed E-state index contributed by atoms with van der Waals surface area (Å²) in [5.41, 5.74) is 0. The minimum Gasteiger partial charge on any atom is -0.342 e. The van der Waals surface area contributed by atoms with Gasteiger partial charge in [0.2, 0.25) is 11.8 Å². The van der Waals surface area contributed by atoms with Gasteiger partial charge in [0.25, 0.3) is 0 Å². The van der Waals surface area contributed by atoms with Gasteiger partial charge in [-0.15, -0.1) is 11.3 Å². The number of rotatable bonds is 5. The summed E-state index contributed by atoms with van der Waals surface area (Å²) >= 11 is 1.63. The smallest absolute Gasteiger partial charge is 0.246 e. The first kappa shape index (κ1) is 16.0. The Labute approximate surface area is 130 Å². The number of hydrogen-bond acceptors (Lipinski definition) is 3. The van der Waals surface area contributed by atoms with Crippen molar-refractivity contribution in [2.75, 3.05) is 0 Å². The van der Waals surface area contributed by atoms with E-state index in [1.165, 1.54) is 0 Å². The van der Waals surface area contributed by atoms with Gasteiger partial charge in [0.1, 0.15) is 12.1 Å². The summed E-state index contributed by atoms with van der Waals surface area (Å²) in [4.78, 5) is 28.2. The van der Waals surface area contributed by atoms with Gasteiger partial charge in [0.05, 0.1) is 6.04 Å². The number of thiophene rings is 1. The fraction of sp³-hybridized carbons (Fsp3) is 0.625. The lowest BCUT2D eigenvalue weighted by Crippen LogP contribution is -2.65. The molecule has 1 aliphatic heterocycles. The quantitative estimate of drug-likeness (QED) is 0.909. The molecule has 116 valence electrons. The fourth-order valence-corrected chi connectivity index (χ4v) is 3.75. The van der Waals surface area contributed by atoms with Crippen LogP contribution in [-0.2, 0) is 9.59 Å². The van der Waals surface area contributed by atoms with E-state index in [2.05, 4.69) is 5.32 Å². The minimum absolute atomic E-state index is 0.0218. The number of hydrogen-bond donors (Lipinski definition) is 1. The van der Waals surface area contributed by atoms with Gasteiger partial charge in [-0.3, -0.25) is 9.59 Å². The Morgan fingerprint density at radius 3 is 2.57 bits per heavy atom. The van der Waals surface area contributed by atoms with Crippen LogP contribution in [0, 0.1) is 5.92 Å². The number of carbonyl (C=O) groups excluding carboxylic acids is 2. The van der Waals surface area contributed by atoms with Crippen molar-refractivity contribution in [1.29, 1.82) is 0 Å². The van der Waals surface area contributed by atoms with Crippen molar-refractivity contribution in [2.45, 2.75) is 58.7 Å². The lowest BCUT2D eigenvalue weighted by atomic mass is 9.93. The maximum absolute atomic E-state index is 12.8. The summed E-state index contributed by atoms with van der Waals surface area (Å²) in [5, 5.41) is 4.91. The van der Waals surface area contributed by atoms with Crippen LogP contribution in [0.2, 0.25) is 0 Å². The average molecular weight is 308 g/mol. The Kier molecular flexibility index (Phi) is 5.04. The Morgan fingerprint density at radius 2 is 2.05 bits per heavy atom. The summed E-state index contributed by atoms with van der Waals surface area (Å²) in [7, 11) is 0. The first-order chi connectivity index (χ1) is 9.97. The first-order valence-electron chi connectivity index (χ1n) is 7.63. The van der Waals surface area contributed by atoms with E-state index in [1.54, 1.807) is 16.2 Å². The van der Waals surface area contributed by atoms with E-state index in [4.69, 9.17) is 0 Å². The van der Waals surface area contributed by atoms with Crippen LogP contribution in [-0.4, -0.2) is 28.8 Å². The third-order valence-corrected chi connectivity index (χ3v) is 5.06. The van der Waals surface area contributed by atoms with Gasteiger partial charge in [0.15, 0.2) is 0 Å². The number of nitrogens with zero attached hydrogens (tertiary/aromatic N) is 1. The van der Waals surface area contributed by atoms with Crippen LogP contribution in [0.4, 0.5) is 0 Å². The summed E-state index contributed by atoms with van der Waals surface area (Å²) in [5.74, 6) is 0.126. The Morgan fingerprint density at radius 1 is 1.33 bits per heavy atom. The van der Waals surface area contributed by atoms with Crippen LogP contribution >= 0.6 is 11.3 Å². The third kappa shape index (κ3) is 3.12. The van der Waals surface area contributed by atoms with Crippen molar-refractivity contribution in [3.05, 3.63) is 22.4 Å². The van der Waals surface area contributed by atoms with Crippen molar-refractivity contribution in [2.24, 2.45) is 5.92 Å². The molecule has 0 spiro atoms. The average Bonchev–Trinajstić information content (AvgIpc) is 2.95. The van der Waals surface area contributed by atoms with Crippen molar-refractivity contribution in [1.82, 2.24) is 10.2 Å². The van der Waals surface area contributed by atoms with Gasteiger partial charge in [-0.1, -0.05) is 33.3 Å². The Hall–Kier alpha value is -1.36. The molecular weight excluding hydrogens is 284 g/mol. The molecule has 0 aromatic carbocycles. The highest BCUT2D eigenvalue weighted by atomic mass is 32.1. The van der Waals surface area contributed by atoms with E-state index in [-0.39, 0.29) is 35.9 Å². The second kappa shape index (κ2) is 6.60. The molecule has 1 aliphatic rings. The van der Waals surface area contributed by atoms with Crippen LogP contribution < -0.4 is 5.32 Å². The highest BCUT2D eigenvalue weighted by molar-refractivity contribution is 7.10. The van der Waals surface area contributed by atoms with Crippen molar-refractivity contribution < 1.29 is 9.59 Å². The molecule has 0 radical (unpaired) electrons. The summed E-state index contributed by atoms with van der Waals surface area (Å²) < 4.78 is 0.